The van der Waals surface area contributed by atoms with Gasteiger partial charge in [0.1, 0.15) is 5.75 Å². The lowest BCUT2D eigenvalue weighted by molar-refractivity contribution is 0.403. The molecule has 4 heteroatoms. The van der Waals surface area contributed by atoms with Crippen molar-refractivity contribution in [3.63, 3.8) is 0 Å². The van der Waals surface area contributed by atoms with Crippen molar-refractivity contribution < 1.29 is 9.26 Å². The fourth-order valence-corrected chi connectivity index (χ4v) is 2.48. The lowest BCUT2D eigenvalue weighted by atomic mass is 10.0. The summed E-state index contributed by atoms with van der Waals surface area (Å²) < 4.78 is 10.7. The lowest BCUT2D eigenvalue weighted by Crippen LogP contribution is -1.94. The zero-order chi connectivity index (χ0) is 11.8. The molecule has 0 radical (unpaired) electrons. The molecular formula is C13H14N2O2. The Morgan fingerprint density at radius 2 is 2.24 bits per heavy atom. The molecule has 1 heterocycles. The average Bonchev–Trinajstić information content (AvgIpc) is 2.95. The number of aryl methyl sites for hydroxylation is 1. The van der Waals surface area contributed by atoms with Gasteiger partial charge in [-0.3, -0.25) is 0 Å². The summed E-state index contributed by atoms with van der Waals surface area (Å²) in [5.74, 6) is 1.95. The number of nitrogens with two attached hydrogens (primary N) is 1. The van der Waals surface area contributed by atoms with E-state index in [9.17, 15) is 0 Å². The van der Waals surface area contributed by atoms with Gasteiger partial charge in [-0.05, 0) is 36.5 Å². The zero-order valence-corrected chi connectivity index (χ0v) is 9.69. The summed E-state index contributed by atoms with van der Waals surface area (Å²) in [6, 6.07) is 5.88. The second kappa shape index (κ2) is 3.80. The number of ether oxygens (including phenoxy) is 1. The van der Waals surface area contributed by atoms with Crippen LogP contribution in [-0.2, 0) is 12.8 Å². The van der Waals surface area contributed by atoms with Crippen LogP contribution in [0.15, 0.2) is 22.7 Å². The average molecular weight is 230 g/mol. The number of rotatable bonds is 2. The second-order valence-electron chi connectivity index (χ2n) is 4.25. The van der Waals surface area contributed by atoms with E-state index in [0.29, 0.717) is 11.6 Å². The number of fused-ring (bicyclic) bond motifs is 1. The Labute approximate surface area is 99.4 Å². The zero-order valence-electron chi connectivity index (χ0n) is 9.69. The third-order valence-electron chi connectivity index (χ3n) is 3.23. The highest BCUT2D eigenvalue weighted by Crippen LogP contribution is 2.39. The summed E-state index contributed by atoms with van der Waals surface area (Å²) in [5.41, 5.74) is 9.17. The SMILES string of the molecule is COc1c(-c2cc(N)no2)ccc2c1CCC2. The van der Waals surface area contributed by atoms with E-state index in [4.69, 9.17) is 15.0 Å². The Morgan fingerprint density at radius 3 is 2.94 bits per heavy atom. The highest BCUT2D eigenvalue weighted by atomic mass is 16.5. The van der Waals surface area contributed by atoms with Crippen LogP contribution in [0.2, 0.25) is 0 Å². The van der Waals surface area contributed by atoms with E-state index in [1.807, 2.05) is 6.07 Å². The first-order valence-electron chi connectivity index (χ1n) is 5.71. The molecule has 0 atom stereocenters. The van der Waals surface area contributed by atoms with E-state index >= 15 is 0 Å². The fraction of sp³-hybridized carbons (Fsp3) is 0.308. The minimum Gasteiger partial charge on any atom is -0.496 e. The van der Waals surface area contributed by atoms with Crippen LogP contribution in [0.5, 0.6) is 5.75 Å². The summed E-state index contributed by atoms with van der Waals surface area (Å²) in [5, 5.41) is 3.71. The van der Waals surface area contributed by atoms with Crippen LogP contribution in [0.4, 0.5) is 5.82 Å². The summed E-state index contributed by atoms with van der Waals surface area (Å²) in [4.78, 5) is 0. The molecule has 1 aliphatic carbocycles. The van der Waals surface area contributed by atoms with Crippen molar-refractivity contribution in [3.05, 3.63) is 29.3 Å². The Kier molecular flexibility index (Phi) is 2.28. The molecule has 1 aromatic carbocycles. The summed E-state index contributed by atoms with van der Waals surface area (Å²) in [6.07, 6.45) is 3.38. The van der Waals surface area contributed by atoms with Crippen LogP contribution in [-0.4, -0.2) is 12.3 Å². The van der Waals surface area contributed by atoms with Crippen LogP contribution in [0.1, 0.15) is 17.5 Å². The van der Waals surface area contributed by atoms with Gasteiger partial charge >= 0.3 is 0 Å². The topological polar surface area (TPSA) is 61.3 Å². The third kappa shape index (κ3) is 1.56. The molecular weight excluding hydrogens is 216 g/mol. The van der Waals surface area contributed by atoms with Crippen molar-refractivity contribution in [2.24, 2.45) is 0 Å². The molecule has 0 unspecified atom stereocenters. The molecule has 0 spiro atoms. The molecule has 0 aliphatic heterocycles. The maximum atomic E-state index is 5.57. The standard InChI is InChI=1S/C13H14N2O2/c1-16-13-9-4-2-3-8(9)5-6-10(13)11-7-12(14)15-17-11/h5-7H,2-4H2,1H3,(H2,14,15). The molecule has 3 rings (SSSR count). The smallest absolute Gasteiger partial charge is 0.172 e. The Balaban J connectivity index is 2.17. The Morgan fingerprint density at radius 1 is 1.35 bits per heavy atom. The van der Waals surface area contributed by atoms with Crippen LogP contribution in [0, 0.1) is 0 Å². The fourth-order valence-electron chi connectivity index (χ4n) is 2.48. The molecule has 4 nitrogen and oxygen atoms in total. The van der Waals surface area contributed by atoms with Crippen LogP contribution >= 0.6 is 0 Å². The molecule has 88 valence electrons. The highest BCUT2D eigenvalue weighted by molar-refractivity contribution is 5.71. The van der Waals surface area contributed by atoms with E-state index in [1.54, 1.807) is 13.2 Å². The van der Waals surface area contributed by atoms with Gasteiger partial charge in [-0.15, -0.1) is 0 Å². The monoisotopic (exact) mass is 230 g/mol. The highest BCUT2D eigenvalue weighted by Gasteiger charge is 2.21. The third-order valence-corrected chi connectivity index (χ3v) is 3.23. The van der Waals surface area contributed by atoms with E-state index in [-0.39, 0.29) is 0 Å². The largest absolute Gasteiger partial charge is 0.496 e. The van der Waals surface area contributed by atoms with Gasteiger partial charge in [0, 0.05) is 6.07 Å². The van der Waals surface area contributed by atoms with Crippen molar-refractivity contribution >= 4 is 5.82 Å². The molecule has 2 aromatic rings. The quantitative estimate of drug-likeness (QED) is 0.860. The number of hydrogen-bond donors (Lipinski definition) is 1. The van der Waals surface area contributed by atoms with Crippen molar-refractivity contribution in [2.75, 3.05) is 12.8 Å². The summed E-state index contributed by atoms with van der Waals surface area (Å²) in [7, 11) is 1.69. The van der Waals surface area contributed by atoms with Gasteiger partial charge in [-0.1, -0.05) is 11.2 Å². The van der Waals surface area contributed by atoms with Gasteiger partial charge < -0.3 is 15.0 Å². The van der Waals surface area contributed by atoms with Crippen molar-refractivity contribution in [3.8, 4) is 17.1 Å². The minimum absolute atomic E-state index is 0.391. The Hall–Kier alpha value is -1.97. The first-order valence-corrected chi connectivity index (χ1v) is 5.71. The van der Waals surface area contributed by atoms with Gasteiger partial charge in [0.2, 0.25) is 0 Å². The maximum absolute atomic E-state index is 5.57. The molecule has 0 bridgehead atoms. The summed E-state index contributed by atoms with van der Waals surface area (Å²) in [6.45, 7) is 0. The molecule has 17 heavy (non-hydrogen) atoms. The van der Waals surface area contributed by atoms with Gasteiger partial charge in [0.05, 0.1) is 12.7 Å². The first kappa shape index (κ1) is 10.2. The lowest BCUT2D eigenvalue weighted by Gasteiger charge is -2.11. The van der Waals surface area contributed by atoms with Gasteiger partial charge in [-0.25, -0.2) is 0 Å². The minimum atomic E-state index is 0.391. The normalized spacial score (nSPS) is 13.7. The van der Waals surface area contributed by atoms with Crippen molar-refractivity contribution in [2.45, 2.75) is 19.3 Å². The van der Waals surface area contributed by atoms with Crippen LogP contribution < -0.4 is 10.5 Å². The first-order chi connectivity index (χ1) is 8.29. The van der Waals surface area contributed by atoms with Crippen LogP contribution in [0.25, 0.3) is 11.3 Å². The molecule has 0 amide bonds. The van der Waals surface area contributed by atoms with Crippen molar-refractivity contribution in [1.29, 1.82) is 0 Å². The molecule has 0 fully saturated rings. The predicted molar refractivity (Wildman–Crippen MR) is 64.9 cm³/mol. The molecule has 2 N–H and O–H groups in total. The van der Waals surface area contributed by atoms with Gasteiger partial charge in [0.25, 0.3) is 0 Å². The van der Waals surface area contributed by atoms with Gasteiger partial charge in [-0.2, -0.15) is 0 Å². The number of nitrogens with zero attached hydrogens (tertiary/aromatic N) is 1. The number of methoxy groups -OCH3 is 1. The second-order valence-corrected chi connectivity index (χ2v) is 4.25. The molecule has 1 aliphatic rings. The van der Waals surface area contributed by atoms with Gasteiger partial charge in [0.15, 0.2) is 11.6 Å². The maximum Gasteiger partial charge on any atom is 0.172 e. The van der Waals surface area contributed by atoms with E-state index < -0.39 is 0 Å². The van der Waals surface area contributed by atoms with Crippen molar-refractivity contribution in [1.82, 2.24) is 5.16 Å². The molecule has 0 saturated heterocycles. The van der Waals surface area contributed by atoms with E-state index in [1.165, 1.54) is 17.5 Å². The molecule has 0 saturated carbocycles. The molecule has 1 aromatic heterocycles. The number of aromatic nitrogens is 1. The van der Waals surface area contributed by atoms with E-state index in [2.05, 4.69) is 11.2 Å². The summed E-state index contributed by atoms with van der Waals surface area (Å²) >= 11 is 0. The van der Waals surface area contributed by atoms with E-state index in [0.717, 1.165) is 24.2 Å². The number of benzene rings is 1. The number of hydrogen-bond acceptors (Lipinski definition) is 4. The van der Waals surface area contributed by atoms with Crippen LogP contribution in [0.3, 0.4) is 0 Å². The Bertz CT molecular complexity index is 561. The number of anilines is 1. The predicted octanol–water partition coefficient (Wildman–Crippen LogP) is 2.42. The number of nitrogen functional groups attached to an aromatic ring is 1.